The van der Waals surface area contributed by atoms with Crippen molar-refractivity contribution >= 4 is 10.1 Å². The van der Waals surface area contributed by atoms with Gasteiger partial charge in [-0.1, -0.05) is 0 Å². The van der Waals surface area contributed by atoms with Crippen molar-refractivity contribution in [3.8, 4) is 0 Å². The van der Waals surface area contributed by atoms with Crippen molar-refractivity contribution in [1.29, 1.82) is 0 Å². The second-order valence-electron chi connectivity index (χ2n) is 3.51. The molecule has 0 radical (unpaired) electrons. The number of azo groups is 1. The van der Waals surface area contributed by atoms with Gasteiger partial charge in [-0.25, -0.2) is 0 Å². The molecule has 2 aliphatic heterocycles. The van der Waals surface area contributed by atoms with Crippen molar-refractivity contribution in [1.82, 2.24) is 0 Å². The van der Waals surface area contributed by atoms with Crippen molar-refractivity contribution in [2.24, 2.45) is 22.1 Å². The van der Waals surface area contributed by atoms with Crippen LogP contribution in [0.4, 0.5) is 0 Å². The van der Waals surface area contributed by atoms with Gasteiger partial charge in [-0.05, 0) is 31.1 Å². The van der Waals surface area contributed by atoms with Gasteiger partial charge < -0.3 is 0 Å². The second kappa shape index (κ2) is 3.04. The van der Waals surface area contributed by atoms with E-state index in [1.807, 2.05) is 0 Å². The van der Waals surface area contributed by atoms with Crippen LogP contribution in [0, 0.1) is 11.8 Å². The van der Waals surface area contributed by atoms with Gasteiger partial charge in [-0.2, -0.15) is 10.2 Å². The van der Waals surface area contributed by atoms with Crippen LogP contribution in [0.15, 0.2) is 10.2 Å². The molecule has 4 heteroatoms. The Morgan fingerprint density at radius 3 is 1.73 bits per heavy atom. The van der Waals surface area contributed by atoms with Crippen LogP contribution in [-0.2, 0) is 15.1 Å². The molecule has 2 heterocycles. The Hall–Kier alpha value is 0.409. The average molecular weight is 221 g/mol. The number of rotatable bonds is 0. The summed E-state index contributed by atoms with van der Waals surface area (Å²) >= 11 is 3.66. The molecule has 0 aromatic rings. The molecule has 2 fully saturated rings. The van der Waals surface area contributed by atoms with E-state index >= 15 is 0 Å². The van der Waals surface area contributed by atoms with E-state index < -0.39 is 0 Å². The molecule has 4 unspecified atom stereocenters. The molecule has 4 atom stereocenters. The van der Waals surface area contributed by atoms with E-state index in [0.717, 1.165) is 11.8 Å². The summed E-state index contributed by atoms with van der Waals surface area (Å²) in [7, 11) is 4.20. The van der Waals surface area contributed by atoms with Crippen LogP contribution in [-0.4, -0.2) is 12.1 Å². The maximum absolute atomic E-state index is 4.25. The number of fused-ring (bicyclic) bond motifs is 1. The monoisotopic (exact) mass is 220 g/mol. The fourth-order valence-corrected chi connectivity index (χ4v) is 2.35. The fourth-order valence-electron chi connectivity index (χ4n) is 2.35. The Morgan fingerprint density at radius 2 is 1.45 bits per heavy atom. The Bertz CT molecular complexity index is 167. The van der Waals surface area contributed by atoms with E-state index in [4.69, 9.17) is 0 Å². The summed E-state index contributed by atoms with van der Waals surface area (Å²) in [4.78, 5) is 0. The first kappa shape index (κ1) is 8.03. The first-order chi connectivity index (χ1) is 5.45. The van der Waals surface area contributed by atoms with Gasteiger partial charge >= 0.3 is 25.2 Å². The third kappa shape index (κ3) is 1.24. The van der Waals surface area contributed by atoms with E-state index in [-0.39, 0.29) is 0 Å². The summed E-state index contributed by atoms with van der Waals surface area (Å²) in [6.07, 6.45) is 4.09. The predicted octanol–water partition coefficient (Wildman–Crippen LogP) is 2.31. The second-order valence-corrected chi connectivity index (χ2v) is 3.51. The van der Waals surface area contributed by atoms with Gasteiger partial charge in [-0.15, -0.1) is 0 Å². The normalized spacial score (nSPS) is 49.4. The third-order valence-electron chi connectivity index (χ3n) is 3.00. The molecule has 2 bridgehead atoms. The quantitative estimate of drug-likeness (QED) is 0.561. The van der Waals surface area contributed by atoms with Crippen LogP contribution in [0.25, 0.3) is 0 Å². The number of hydrogen-bond acceptors (Lipinski definition) is 2. The molecule has 2 saturated carbocycles. The summed E-state index contributed by atoms with van der Waals surface area (Å²) in [5.41, 5.74) is 0. The van der Waals surface area contributed by atoms with Gasteiger partial charge in [-0.3, -0.25) is 0 Å². The van der Waals surface area contributed by atoms with Crippen molar-refractivity contribution in [2.45, 2.75) is 31.3 Å². The van der Waals surface area contributed by atoms with Crippen LogP contribution in [0.1, 0.15) is 19.3 Å². The first-order valence-electron chi connectivity index (χ1n) is 3.96. The standard InChI is InChI=1S/C7H10N2.ClH.Cu/c1-2-7-5-3-4(5)6(1)8-9-7;;/h4-7H,1-3H2;1H;/q;;+1/p-1. The molecule has 66 valence electrons. The van der Waals surface area contributed by atoms with Crippen molar-refractivity contribution in [3.05, 3.63) is 0 Å². The van der Waals surface area contributed by atoms with Gasteiger partial charge in [0.1, 0.15) is 0 Å². The SMILES string of the molecule is C1CC2N=NC1C1CC21.[Cl][Cu]. The summed E-state index contributed by atoms with van der Waals surface area (Å²) < 4.78 is 0. The molecule has 0 spiro atoms. The molecule has 0 amide bonds. The maximum atomic E-state index is 4.25. The Labute approximate surface area is 78.8 Å². The third-order valence-corrected chi connectivity index (χ3v) is 3.00. The molecule has 2 aliphatic carbocycles. The van der Waals surface area contributed by atoms with E-state index in [9.17, 15) is 0 Å². The van der Waals surface area contributed by atoms with Gasteiger partial charge in [0.2, 0.25) is 0 Å². The topological polar surface area (TPSA) is 24.7 Å². The van der Waals surface area contributed by atoms with Crippen LogP contribution >= 0.6 is 10.1 Å². The molecule has 4 rings (SSSR count). The van der Waals surface area contributed by atoms with Gasteiger partial charge in [0.05, 0.1) is 12.1 Å². The minimum absolute atomic E-state index is 0.653. The Kier molecular flexibility index (Phi) is 2.22. The first-order valence-corrected chi connectivity index (χ1v) is 5.26. The summed E-state index contributed by atoms with van der Waals surface area (Å²) in [5, 5.41) is 8.49. The van der Waals surface area contributed by atoms with Crippen LogP contribution < -0.4 is 0 Å². The molecule has 11 heavy (non-hydrogen) atoms. The van der Waals surface area contributed by atoms with Crippen molar-refractivity contribution in [3.63, 3.8) is 0 Å². The fraction of sp³-hybridized carbons (Fsp3) is 1.00. The zero-order chi connectivity index (χ0) is 7.84. The van der Waals surface area contributed by atoms with Gasteiger partial charge in [0.15, 0.2) is 0 Å². The zero-order valence-electron chi connectivity index (χ0n) is 6.00. The van der Waals surface area contributed by atoms with E-state index in [2.05, 4.69) is 35.4 Å². The summed E-state index contributed by atoms with van der Waals surface area (Å²) in [5.74, 6) is 1.95. The van der Waals surface area contributed by atoms with E-state index in [1.165, 1.54) is 19.3 Å². The molecular weight excluding hydrogens is 211 g/mol. The van der Waals surface area contributed by atoms with Gasteiger partial charge in [0, 0.05) is 0 Å². The molecule has 4 aliphatic rings. The Morgan fingerprint density at radius 1 is 1.00 bits per heavy atom. The zero-order valence-corrected chi connectivity index (χ0v) is 7.70. The van der Waals surface area contributed by atoms with Crippen LogP contribution in [0.2, 0.25) is 0 Å². The summed E-state index contributed by atoms with van der Waals surface area (Å²) in [6, 6.07) is 1.31. The average Bonchev–Trinajstić information content (AvgIpc) is 2.90. The molecule has 0 saturated heterocycles. The Balaban J connectivity index is 0.000000224. The van der Waals surface area contributed by atoms with Crippen molar-refractivity contribution in [2.75, 3.05) is 0 Å². The molecule has 0 N–H and O–H groups in total. The molecular formula is C7H10ClCuN2. The molecule has 0 aromatic carbocycles. The molecule has 2 nitrogen and oxygen atoms in total. The van der Waals surface area contributed by atoms with Crippen LogP contribution in [0.3, 0.4) is 0 Å². The predicted molar refractivity (Wildman–Crippen MR) is 39.1 cm³/mol. The summed E-state index contributed by atoms with van der Waals surface area (Å²) in [6.45, 7) is 0. The van der Waals surface area contributed by atoms with E-state index in [1.54, 1.807) is 0 Å². The number of hydrogen-bond donors (Lipinski definition) is 0. The minimum atomic E-state index is 0.653. The van der Waals surface area contributed by atoms with Crippen LogP contribution in [0.5, 0.6) is 0 Å². The van der Waals surface area contributed by atoms with Crippen molar-refractivity contribution < 1.29 is 15.1 Å². The molecule has 0 aromatic heterocycles. The van der Waals surface area contributed by atoms with Gasteiger partial charge in [0.25, 0.3) is 0 Å². The number of halogens is 1. The number of nitrogens with zero attached hydrogens (tertiary/aromatic N) is 2. The van der Waals surface area contributed by atoms with E-state index in [0.29, 0.717) is 12.1 Å².